The van der Waals surface area contributed by atoms with Gasteiger partial charge in [-0.2, -0.15) is 0 Å². The third-order valence-corrected chi connectivity index (χ3v) is 3.73. The number of carbonyl (C=O) groups excluding carboxylic acids is 1. The summed E-state index contributed by atoms with van der Waals surface area (Å²) in [7, 11) is 0. The second-order valence-electron chi connectivity index (χ2n) is 5.73. The van der Waals surface area contributed by atoms with Crippen LogP contribution in [0.2, 0.25) is 0 Å². The highest BCUT2D eigenvalue weighted by molar-refractivity contribution is 5.89. The highest BCUT2D eigenvalue weighted by Gasteiger charge is 2.18. The number of rotatable bonds is 9. The van der Waals surface area contributed by atoms with Gasteiger partial charge in [0.05, 0.1) is 12.2 Å². The van der Waals surface area contributed by atoms with Crippen LogP contribution in [0.4, 0.5) is 0 Å². The van der Waals surface area contributed by atoms with Crippen molar-refractivity contribution in [2.45, 2.75) is 18.9 Å². The fourth-order valence-electron chi connectivity index (χ4n) is 2.35. The van der Waals surface area contributed by atoms with Crippen molar-refractivity contribution < 1.29 is 29.6 Å². The van der Waals surface area contributed by atoms with Gasteiger partial charge >= 0.3 is 11.9 Å². The summed E-state index contributed by atoms with van der Waals surface area (Å²) in [6.45, 7) is 0.524. The molecule has 26 heavy (non-hydrogen) atoms. The Bertz CT molecular complexity index is 747. The van der Waals surface area contributed by atoms with Crippen LogP contribution in [-0.2, 0) is 16.0 Å². The summed E-state index contributed by atoms with van der Waals surface area (Å²) in [6.07, 6.45) is 0.607. The number of nitrogens with one attached hydrogen (secondary N) is 1. The van der Waals surface area contributed by atoms with Gasteiger partial charge < -0.3 is 25.4 Å². The summed E-state index contributed by atoms with van der Waals surface area (Å²) in [5, 5.41) is 30.9. The standard InChI is InChI=1S/C19H21NO6/c21-16-8-7-13(12-17(16)22)11-15(18(23)24)20-9-4-10-26-19(25)14-5-2-1-3-6-14/h1-3,5-8,12,15,20-22H,4,9-11H2,(H,23,24)/t15-/m0/s1. The molecule has 0 aliphatic carbocycles. The molecule has 0 aromatic heterocycles. The zero-order valence-electron chi connectivity index (χ0n) is 14.1. The minimum Gasteiger partial charge on any atom is -0.504 e. The molecule has 0 saturated heterocycles. The summed E-state index contributed by atoms with van der Waals surface area (Å²) in [5.41, 5.74) is 1.05. The lowest BCUT2D eigenvalue weighted by molar-refractivity contribution is -0.139. The number of hydrogen-bond acceptors (Lipinski definition) is 6. The fraction of sp³-hybridized carbons (Fsp3) is 0.263. The van der Waals surface area contributed by atoms with Crippen molar-refractivity contribution in [3.63, 3.8) is 0 Å². The lowest BCUT2D eigenvalue weighted by Crippen LogP contribution is -2.39. The molecule has 7 heteroatoms. The van der Waals surface area contributed by atoms with Crippen LogP contribution >= 0.6 is 0 Å². The lowest BCUT2D eigenvalue weighted by atomic mass is 10.1. The molecular formula is C19H21NO6. The quantitative estimate of drug-likeness (QED) is 0.307. The van der Waals surface area contributed by atoms with Crippen LogP contribution in [-0.4, -0.2) is 46.5 Å². The Labute approximate surface area is 150 Å². The molecule has 138 valence electrons. The predicted octanol–water partition coefficient (Wildman–Crippen LogP) is 1.93. The Balaban J connectivity index is 1.75. The van der Waals surface area contributed by atoms with E-state index in [4.69, 9.17) is 4.74 Å². The summed E-state index contributed by atoms with van der Waals surface area (Å²) in [5.74, 6) is -1.99. The third-order valence-electron chi connectivity index (χ3n) is 3.73. The molecule has 0 heterocycles. The molecule has 0 radical (unpaired) electrons. The van der Waals surface area contributed by atoms with Gasteiger partial charge in [0.2, 0.25) is 0 Å². The third kappa shape index (κ3) is 5.78. The van der Waals surface area contributed by atoms with Gasteiger partial charge in [-0.25, -0.2) is 4.79 Å². The van der Waals surface area contributed by atoms with Crippen LogP contribution in [0.5, 0.6) is 11.5 Å². The van der Waals surface area contributed by atoms with Gasteiger partial charge in [-0.15, -0.1) is 0 Å². The van der Waals surface area contributed by atoms with Gasteiger partial charge in [-0.3, -0.25) is 4.79 Å². The summed E-state index contributed by atoms with van der Waals surface area (Å²) in [6, 6.07) is 12.0. The Kier molecular flexibility index (Phi) is 6.99. The number of benzene rings is 2. The van der Waals surface area contributed by atoms with Crippen LogP contribution < -0.4 is 5.32 Å². The number of esters is 1. The molecule has 0 fully saturated rings. The zero-order chi connectivity index (χ0) is 18.9. The van der Waals surface area contributed by atoms with E-state index < -0.39 is 18.0 Å². The second-order valence-corrected chi connectivity index (χ2v) is 5.73. The van der Waals surface area contributed by atoms with Crippen molar-refractivity contribution in [3.8, 4) is 11.5 Å². The minimum atomic E-state index is -1.03. The number of phenols is 2. The molecule has 0 amide bonds. The Hall–Kier alpha value is -3.06. The molecule has 2 aromatic carbocycles. The number of carboxylic acid groups (broad SMARTS) is 1. The number of aliphatic carboxylic acids is 1. The van der Waals surface area contributed by atoms with Crippen molar-refractivity contribution in [2.75, 3.05) is 13.2 Å². The molecule has 2 aromatic rings. The molecule has 1 atom stereocenters. The molecule has 0 unspecified atom stereocenters. The molecule has 0 aliphatic rings. The molecule has 7 nitrogen and oxygen atoms in total. The normalized spacial score (nSPS) is 11.7. The number of ether oxygens (including phenoxy) is 1. The highest BCUT2D eigenvalue weighted by Crippen LogP contribution is 2.25. The first-order chi connectivity index (χ1) is 12.5. The van der Waals surface area contributed by atoms with E-state index in [-0.39, 0.29) is 24.5 Å². The van der Waals surface area contributed by atoms with Gasteiger partial charge in [0.15, 0.2) is 11.5 Å². The van der Waals surface area contributed by atoms with Crippen LogP contribution in [0.25, 0.3) is 0 Å². The summed E-state index contributed by atoms with van der Waals surface area (Å²) >= 11 is 0. The first-order valence-corrected chi connectivity index (χ1v) is 8.16. The first-order valence-electron chi connectivity index (χ1n) is 8.16. The Morgan fingerprint density at radius 2 is 1.77 bits per heavy atom. The number of carbonyl (C=O) groups is 2. The first kappa shape index (κ1) is 19.3. The van der Waals surface area contributed by atoms with E-state index in [1.165, 1.54) is 12.1 Å². The van der Waals surface area contributed by atoms with E-state index in [1.54, 1.807) is 36.4 Å². The molecule has 4 N–H and O–H groups in total. The van der Waals surface area contributed by atoms with Crippen LogP contribution in [0.3, 0.4) is 0 Å². The minimum absolute atomic E-state index is 0.146. The lowest BCUT2D eigenvalue weighted by Gasteiger charge is -2.15. The Morgan fingerprint density at radius 1 is 1.04 bits per heavy atom. The van der Waals surface area contributed by atoms with Crippen molar-refractivity contribution in [1.82, 2.24) is 5.32 Å². The van der Waals surface area contributed by atoms with E-state index in [0.29, 0.717) is 24.1 Å². The molecule has 0 saturated carbocycles. The molecular weight excluding hydrogens is 338 g/mol. The largest absolute Gasteiger partial charge is 0.504 e. The number of phenolic OH excluding ortho intramolecular Hbond substituents is 2. The van der Waals surface area contributed by atoms with Gasteiger partial charge in [0, 0.05) is 0 Å². The average molecular weight is 359 g/mol. The van der Waals surface area contributed by atoms with Crippen molar-refractivity contribution >= 4 is 11.9 Å². The SMILES string of the molecule is O=C(OCCCN[C@@H](Cc1ccc(O)c(O)c1)C(=O)O)c1ccccc1. The monoisotopic (exact) mass is 359 g/mol. The van der Waals surface area contributed by atoms with E-state index >= 15 is 0 Å². The Morgan fingerprint density at radius 3 is 2.42 bits per heavy atom. The maximum absolute atomic E-state index is 11.8. The van der Waals surface area contributed by atoms with E-state index in [9.17, 15) is 24.9 Å². The maximum atomic E-state index is 11.8. The van der Waals surface area contributed by atoms with E-state index in [1.807, 2.05) is 0 Å². The number of aromatic hydroxyl groups is 2. The van der Waals surface area contributed by atoms with E-state index in [2.05, 4.69) is 5.32 Å². The van der Waals surface area contributed by atoms with Crippen LogP contribution in [0, 0.1) is 0 Å². The smallest absolute Gasteiger partial charge is 0.338 e. The van der Waals surface area contributed by atoms with Crippen LogP contribution in [0.15, 0.2) is 48.5 Å². The van der Waals surface area contributed by atoms with Crippen molar-refractivity contribution in [2.24, 2.45) is 0 Å². The zero-order valence-corrected chi connectivity index (χ0v) is 14.1. The second kappa shape index (κ2) is 9.43. The van der Waals surface area contributed by atoms with Gasteiger partial charge in [0.25, 0.3) is 0 Å². The number of carboxylic acids is 1. The molecule has 0 spiro atoms. The van der Waals surface area contributed by atoms with Crippen LogP contribution in [0.1, 0.15) is 22.3 Å². The van der Waals surface area contributed by atoms with Crippen molar-refractivity contribution in [1.29, 1.82) is 0 Å². The number of hydrogen-bond donors (Lipinski definition) is 4. The van der Waals surface area contributed by atoms with Gasteiger partial charge in [-0.05, 0) is 49.2 Å². The summed E-state index contributed by atoms with van der Waals surface area (Å²) < 4.78 is 5.13. The highest BCUT2D eigenvalue weighted by atomic mass is 16.5. The maximum Gasteiger partial charge on any atom is 0.338 e. The van der Waals surface area contributed by atoms with Gasteiger partial charge in [0.1, 0.15) is 6.04 Å². The molecule has 2 rings (SSSR count). The average Bonchev–Trinajstić information content (AvgIpc) is 2.63. The topological polar surface area (TPSA) is 116 Å². The van der Waals surface area contributed by atoms with Gasteiger partial charge in [-0.1, -0.05) is 24.3 Å². The molecule has 0 aliphatic heterocycles. The van der Waals surface area contributed by atoms with Crippen molar-refractivity contribution in [3.05, 3.63) is 59.7 Å². The summed E-state index contributed by atoms with van der Waals surface area (Å²) in [4.78, 5) is 23.1. The predicted molar refractivity (Wildman–Crippen MR) is 94.2 cm³/mol. The van der Waals surface area contributed by atoms with E-state index in [0.717, 1.165) is 0 Å². The molecule has 0 bridgehead atoms. The fourth-order valence-corrected chi connectivity index (χ4v) is 2.35.